The topological polar surface area (TPSA) is 111 Å². The number of nitrogens with zero attached hydrogens (tertiary/aromatic N) is 4. The number of azo groups is 1. The molecule has 0 aliphatic rings. The number of imidazole rings is 1. The molecule has 0 fully saturated rings. The van der Waals surface area contributed by atoms with Gasteiger partial charge in [0, 0.05) is 23.9 Å². The third-order valence-corrected chi connectivity index (χ3v) is 5.28. The summed E-state index contributed by atoms with van der Waals surface area (Å²) in [7, 11) is -2.45. The van der Waals surface area contributed by atoms with Crippen molar-refractivity contribution in [3.05, 3.63) is 48.0 Å². The fourth-order valence-corrected chi connectivity index (χ4v) is 3.55. The van der Waals surface area contributed by atoms with E-state index >= 15 is 0 Å². The summed E-state index contributed by atoms with van der Waals surface area (Å²) in [5, 5.41) is 8.77. The van der Waals surface area contributed by atoms with Crippen molar-refractivity contribution in [2.24, 2.45) is 17.3 Å². The van der Waals surface area contributed by atoms with Gasteiger partial charge in [-0.25, -0.2) is 13.7 Å². The maximum Gasteiger partial charge on any atom is 0.419 e. The minimum atomic E-state index is -4.39. The van der Waals surface area contributed by atoms with E-state index in [0.29, 0.717) is 18.9 Å². The van der Waals surface area contributed by atoms with Crippen LogP contribution in [-0.4, -0.2) is 37.7 Å². The molecule has 2 N–H and O–H groups in total. The first-order valence-corrected chi connectivity index (χ1v) is 11.0. The number of anilines is 1. The van der Waals surface area contributed by atoms with Crippen LogP contribution in [0.15, 0.2) is 52.7 Å². The van der Waals surface area contributed by atoms with Gasteiger partial charge in [0.15, 0.2) is 0 Å². The van der Waals surface area contributed by atoms with Crippen molar-refractivity contribution in [3.63, 3.8) is 0 Å². The van der Waals surface area contributed by atoms with Gasteiger partial charge in [-0.15, -0.1) is 0 Å². The van der Waals surface area contributed by atoms with Crippen LogP contribution < -0.4 is 9.47 Å². The molecule has 0 bridgehead atoms. The normalized spacial score (nSPS) is 12.1. The lowest BCUT2D eigenvalue weighted by atomic mass is 10.1. The average molecular weight is 433 g/mol. The molecule has 0 aliphatic heterocycles. The Hall–Kier alpha value is -2.82. The number of fused-ring (bicyclic) bond motifs is 1. The Kier molecular flexibility index (Phi) is 6.80. The zero-order chi connectivity index (χ0) is 21.7. The van der Waals surface area contributed by atoms with Crippen LogP contribution in [0, 0.1) is 6.92 Å². The third-order valence-electron chi connectivity index (χ3n) is 4.81. The number of nitrogens with one attached hydrogen (secondary N) is 1. The van der Waals surface area contributed by atoms with Gasteiger partial charge in [-0.3, -0.25) is 4.55 Å². The summed E-state index contributed by atoms with van der Waals surface area (Å²) in [4.78, 5) is 5.35. The molecule has 0 aliphatic carbocycles. The van der Waals surface area contributed by atoms with Crippen molar-refractivity contribution in [1.29, 1.82) is 0 Å². The Morgan fingerprint density at radius 2 is 1.97 bits per heavy atom. The van der Waals surface area contributed by atoms with E-state index in [9.17, 15) is 8.42 Å². The van der Waals surface area contributed by atoms with Gasteiger partial charge in [0.1, 0.15) is 16.7 Å². The quantitative estimate of drug-likeness (QED) is 0.231. The molecule has 0 amide bonds. The molecule has 1 aromatic heterocycles. The molecule has 160 valence electrons. The number of aromatic amines is 1. The lowest BCUT2D eigenvalue weighted by Crippen LogP contribution is -2.26. The van der Waals surface area contributed by atoms with E-state index in [1.165, 1.54) is 0 Å². The predicted molar refractivity (Wildman–Crippen MR) is 115 cm³/mol. The smallest absolute Gasteiger partial charge is 0.372 e. The third kappa shape index (κ3) is 5.41. The first kappa shape index (κ1) is 21.9. The van der Waals surface area contributed by atoms with E-state index < -0.39 is 10.4 Å². The Morgan fingerprint density at radius 1 is 1.20 bits per heavy atom. The van der Waals surface area contributed by atoms with Gasteiger partial charge in [0.2, 0.25) is 0 Å². The maximum absolute atomic E-state index is 10.6. The number of para-hydroxylation sites is 2. The maximum atomic E-state index is 10.6. The zero-order valence-corrected chi connectivity index (χ0v) is 18.1. The van der Waals surface area contributed by atoms with Crippen molar-refractivity contribution in [2.75, 3.05) is 24.6 Å². The summed E-state index contributed by atoms with van der Waals surface area (Å²) in [6.07, 6.45) is 0.463. The van der Waals surface area contributed by atoms with Crippen LogP contribution in [-0.2, 0) is 21.6 Å². The van der Waals surface area contributed by atoms with Gasteiger partial charge in [-0.1, -0.05) is 17.2 Å². The fraction of sp³-hybridized carbons (Fsp3) is 0.350. The molecule has 0 atom stereocenters. The molecule has 30 heavy (non-hydrogen) atoms. The molecule has 0 saturated heterocycles. The van der Waals surface area contributed by atoms with Gasteiger partial charge < -0.3 is 4.90 Å². The number of H-pyrrole nitrogens is 1. The summed E-state index contributed by atoms with van der Waals surface area (Å²) >= 11 is 0. The monoisotopic (exact) mass is 432 g/mol. The number of rotatable bonds is 9. The van der Waals surface area contributed by atoms with Crippen molar-refractivity contribution >= 4 is 38.8 Å². The van der Waals surface area contributed by atoms with E-state index in [1.807, 2.05) is 67.9 Å². The fourth-order valence-electron chi connectivity index (χ4n) is 3.22. The molecule has 0 saturated carbocycles. The van der Waals surface area contributed by atoms with Crippen LogP contribution in [0.1, 0.15) is 18.9 Å². The van der Waals surface area contributed by atoms with Gasteiger partial charge in [0.25, 0.3) is 0 Å². The Labute approximate surface area is 176 Å². The molecule has 0 spiro atoms. The number of aromatic nitrogens is 2. The van der Waals surface area contributed by atoms with Crippen LogP contribution in [0.3, 0.4) is 0 Å². The lowest BCUT2D eigenvalue weighted by Gasteiger charge is -2.23. The molecule has 0 radical (unpaired) electrons. The first-order chi connectivity index (χ1) is 14.3. The molecule has 3 rings (SSSR count). The van der Waals surface area contributed by atoms with Gasteiger partial charge in [-0.05, 0) is 56.2 Å². The Bertz CT molecular complexity index is 1160. The second-order valence-electron chi connectivity index (χ2n) is 6.88. The lowest BCUT2D eigenvalue weighted by molar-refractivity contribution is -0.631. The zero-order valence-electron chi connectivity index (χ0n) is 17.2. The van der Waals surface area contributed by atoms with Crippen molar-refractivity contribution in [1.82, 2.24) is 4.98 Å². The second-order valence-corrected chi connectivity index (χ2v) is 7.97. The predicted octanol–water partition coefficient (Wildman–Crippen LogP) is 3.75. The van der Waals surface area contributed by atoms with Gasteiger partial charge >= 0.3 is 16.3 Å². The number of aryl methyl sites for hydroxylation is 2. The second kappa shape index (κ2) is 9.33. The largest absolute Gasteiger partial charge is 0.419 e. The van der Waals surface area contributed by atoms with E-state index in [0.717, 1.165) is 34.5 Å². The molecule has 0 unspecified atom stereocenters. The Balaban J connectivity index is 1.70. The molecule has 1 heterocycles. The number of hydrogen-bond donors (Lipinski definition) is 2. The van der Waals surface area contributed by atoms with Crippen LogP contribution in [0.4, 0.5) is 17.3 Å². The summed E-state index contributed by atoms with van der Waals surface area (Å²) in [5.41, 5.74) is 4.79. The van der Waals surface area contributed by atoms with Gasteiger partial charge in [-0.2, -0.15) is 8.42 Å². The SMILES string of the molecule is CCN(CCCOS(=O)(=O)O)c1ccc(N=Nc2[nH]c3ccccc3[n+]2C)c(C)c1. The molecule has 2 aromatic carbocycles. The van der Waals surface area contributed by atoms with E-state index in [4.69, 9.17) is 4.55 Å². The highest BCUT2D eigenvalue weighted by Gasteiger charge is 2.14. The first-order valence-electron chi connectivity index (χ1n) is 9.64. The van der Waals surface area contributed by atoms with E-state index in [1.54, 1.807) is 0 Å². The number of benzene rings is 2. The molecule has 9 nitrogen and oxygen atoms in total. The van der Waals surface area contributed by atoms with Crippen LogP contribution in [0.25, 0.3) is 11.0 Å². The van der Waals surface area contributed by atoms with Crippen LogP contribution in [0.2, 0.25) is 0 Å². The highest BCUT2D eigenvalue weighted by Crippen LogP contribution is 2.26. The summed E-state index contributed by atoms with van der Waals surface area (Å²) in [5.74, 6) is 0.661. The standard InChI is InChI=1S/C20H25N5O4S/c1-4-25(12-7-13-29-30(26,27)28)16-10-11-17(15(2)14-16)22-23-20-21-18-8-5-6-9-19(18)24(20)3/h5-6,8-11,14H,4,7,12-13H2,1-3H3,(H,26,27,28)/p+1. The average Bonchev–Trinajstić information content (AvgIpc) is 3.02. The summed E-state index contributed by atoms with van der Waals surface area (Å²) in [6.45, 7) is 5.26. The van der Waals surface area contributed by atoms with E-state index in [2.05, 4.69) is 24.3 Å². The minimum Gasteiger partial charge on any atom is -0.372 e. The Morgan fingerprint density at radius 3 is 2.63 bits per heavy atom. The summed E-state index contributed by atoms with van der Waals surface area (Å²) < 4.78 is 36.2. The number of hydrogen-bond acceptors (Lipinski definition) is 6. The molecular weight excluding hydrogens is 406 g/mol. The van der Waals surface area contributed by atoms with Crippen molar-refractivity contribution < 1.29 is 21.7 Å². The highest BCUT2D eigenvalue weighted by molar-refractivity contribution is 7.80. The van der Waals surface area contributed by atoms with Crippen LogP contribution in [0.5, 0.6) is 0 Å². The van der Waals surface area contributed by atoms with Crippen LogP contribution >= 0.6 is 0 Å². The minimum absolute atomic E-state index is 0.0673. The van der Waals surface area contributed by atoms with Crippen molar-refractivity contribution in [2.45, 2.75) is 20.3 Å². The molecular formula is C20H26N5O4S+. The van der Waals surface area contributed by atoms with Crippen molar-refractivity contribution in [3.8, 4) is 0 Å². The van der Waals surface area contributed by atoms with Gasteiger partial charge in [0.05, 0.1) is 13.7 Å². The molecule has 10 heteroatoms. The summed E-state index contributed by atoms with van der Waals surface area (Å²) in [6, 6.07) is 13.9. The highest BCUT2D eigenvalue weighted by atomic mass is 32.3. The van der Waals surface area contributed by atoms with E-state index in [-0.39, 0.29) is 6.61 Å². The molecule has 3 aromatic rings.